The molecule has 1 N–H and O–H groups in total. The second-order valence-corrected chi connectivity index (χ2v) is 5.91. The summed E-state index contributed by atoms with van der Waals surface area (Å²) in [5.74, 6) is -2.60. The molecule has 1 aromatic rings. The first-order chi connectivity index (χ1) is 12.2. The zero-order chi connectivity index (χ0) is 19.4. The predicted octanol–water partition coefficient (Wildman–Crippen LogP) is 0.880. The first-order valence-electron chi connectivity index (χ1n) is 8.12. The summed E-state index contributed by atoms with van der Waals surface area (Å²) < 4.78 is 47.1. The Labute approximate surface area is 149 Å². The third-order valence-corrected chi connectivity index (χ3v) is 4.18. The molecule has 1 aliphatic heterocycles. The highest BCUT2D eigenvalue weighted by Crippen LogP contribution is 2.36. The van der Waals surface area contributed by atoms with Crippen molar-refractivity contribution >= 4 is 11.9 Å². The molecule has 0 aromatic carbocycles. The third kappa shape index (κ3) is 3.96. The van der Waals surface area contributed by atoms with Crippen LogP contribution in [0.4, 0.5) is 13.2 Å². The number of aromatic nitrogens is 1. The minimum Gasteiger partial charge on any atom is -0.463 e. The molecule has 0 radical (unpaired) electrons. The topological polar surface area (TPSA) is 74.8 Å². The van der Waals surface area contributed by atoms with Gasteiger partial charge in [-0.3, -0.25) is 14.7 Å². The van der Waals surface area contributed by atoms with E-state index in [9.17, 15) is 22.8 Å². The zero-order valence-corrected chi connectivity index (χ0v) is 14.5. The Morgan fingerprint density at radius 1 is 1.27 bits per heavy atom. The van der Waals surface area contributed by atoms with Gasteiger partial charge in [0, 0.05) is 38.6 Å². The first-order valence-corrected chi connectivity index (χ1v) is 8.12. The molecule has 2 heterocycles. The number of esters is 1. The molecule has 1 amide bonds. The Bertz CT molecular complexity index is 633. The maximum Gasteiger partial charge on any atom is 0.436 e. The number of carbonyl (C=O) groups excluding carboxylic acids is 2. The molecule has 2 rings (SSSR count). The van der Waals surface area contributed by atoms with E-state index in [1.807, 2.05) is 10.2 Å². The number of nitrogens with one attached hydrogen (secondary N) is 1. The van der Waals surface area contributed by atoms with Crippen LogP contribution >= 0.6 is 0 Å². The molecule has 144 valence electrons. The van der Waals surface area contributed by atoms with Crippen molar-refractivity contribution in [2.75, 3.05) is 39.8 Å². The van der Waals surface area contributed by atoms with Crippen LogP contribution in [0.25, 0.3) is 0 Å². The number of nitrogens with zero attached hydrogens (tertiary/aromatic N) is 3. The molecule has 10 heteroatoms. The van der Waals surface area contributed by atoms with Gasteiger partial charge < -0.3 is 15.0 Å². The number of rotatable bonds is 5. The predicted molar refractivity (Wildman–Crippen MR) is 86.2 cm³/mol. The van der Waals surface area contributed by atoms with Gasteiger partial charge in [0.2, 0.25) is 0 Å². The molecule has 1 aromatic heterocycles. The number of halogens is 3. The van der Waals surface area contributed by atoms with Crippen LogP contribution in [0.3, 0.4) is 0 Å². The molecule has 1 aliphatic rings. The largest absolute Gasteiger partial charge is 0.463 e. The molecule has 0 unspecified atom stereocenters. The standard InChI is InChI=1S/C16H21F3N4O3/c1-3-26-14(25)15(16(17,18)19,23-9-7-22(2)8-10-23)21-13(24)12-5-4-6-20-11-12/h4-6,11H,3,7-10H2,1-2H3,(H,21,24)/t15-/m0/s1. The number of hydrogen-bond donors (Lipinski definition) is 1. The van der Waals surface area contributed by atoms with Gasteiger partial charge in [-0.2, -0.15) is 13.2 Å². The number of pyridine rings is 1. The summed E-state index contributed by atoms with van der Waals surface area (Å²) in [6, 6.07) is 2.74. The van der Waals surface area contributed by atoms with Crippen LogP contribution in [-0.4, -0.2) is 78.3 Å². The molecular weight excluding hydrogens is 353 g/mol. The average Bonchev–Trinajstić information content (AvgIpc) is 2.60. The van der Waals surface area contributed by atoms with E-state index in [2.05, 4.69) is 4.98 Å². The van der Waals surface area contributed by atoms with Gasteiger partial charge in [-0.25, -0.2) is 4.79 Å². The Morgan fingerprint density at radius 3 is 2.42 bits per heavy atom. The van der Waals surface area contributed by atoms with E-state index in [1.54, 1.807) is 7.05 Å². The monoisotopic (exact) mass is 374 g/mol. The molecule has 0 aliphatic carbocycles. The van der Waals surface area contributed by atoms with E-state index in [4.69, 9.17) is 4.74 Å². The quantitative estimate of drug-likeness (QED) is 0.772. The Kier molecular flexibility index (Phi) is 6.19. The fourth-order valence-corrected chi connectivity index (χ4v) is 2.74. The molecular formula is C16H21F3N4O3. The molecule has 0 saturated carbocycles. The lowest BCUT2D eigenvalue weighted by atomic mass is 10.0. The number of alkyl halides is 3. The molecule has 1 saturated heterocycles. The fourth-order valence-electron chi connectivity index (χ4n) is 2.74. The highest BCUT2D eigenvalue weighted by molar-refractivity contribution is 5.98. The summed E-state index contributed by atoms with van der Waals surface area (Å²) in [5, 5.41) is 1.88. The average molecular weight is 374 g/mol. The van der Waals surface area contributed by atoms with Gasteiger partial charge in [-0.05, 0) is 26.1 Å². The number of amides is 1. The van der Waals surface area contributed by atoms with Crippen LogP contribution in [0.15, 0.2) is 24.5 Å². The van der Waals surface area contributed by atoms with Gasteiger partial charge >= 0.3 is 12.1 Å². The highest BCUT2D eigenvalue weighted by atomic mass is 19.4. The zero-order valence-electron chi connectivity index (χ0n) is 14.5. The van der Waals surface area contributed by atoms with Gasteiger partial charge in [-0.1, -0.05) is 0 Å². The lowest BCUT2D eigenvalue weighted by Crippen LogP contribution is -2.75. The summed E-state index contributed by atoms with van der Waals surface area (Å²) in [7, 11) is 1.77. The summed E-state index contributed by atoms with van der Waals surface area (Å²) in [4.78, 5) is 31.3. The van der Waals surface area contributed by atoms with Gasteiger partial charge in [0.1, 0.15) is 0 Å². The van der Waals surface area contributed by atoms with Crippen LogP contribution in [0, 0.1) is 0 Å². The van der Waals surface area contributed by atoms with Crippen LogP contribution in [0.2, 0.25) is 0 Å². The first kappa shape index (κ1) is 20.1. The van der Waals surface area contributed by atoms with E-state index >= 15 is 0 Å². The Morgan fingerprint density at radius 2 is 1.92 bits per heavy atom. The minimum absolute atomic E-state index is 0.0534. The summed E-state index contributed by atoms with van der Waals surface area (Å²) >= 11 is 0. The van der Waals surface area contributed by atoms with Crippen molar-refractivity contribution < 1.29 is 27.5 Å². The van der Waals surface area contributed by atoms with E-state index in [0.717, 1.165) is 11.1 Å². The van der Waals surface area contributed by atoms with Crippen molar-refractivity contribution in [3.05, 3.63) is 30.1 Å². The van der Waals surface area contributed by atoms with Crippen molar-refractivity contribution in [1.29, 1.82) is 0 Å². The number of piperazine rings is 1. The maximum atomic E-state index is 14.1. The third-order valence-electron chi connectivity index (χ3n) is 4.18. The second-order valence-electron chi connectivity index (χ2n) is 5.91. The Hall–Kier alpha value is -2.20. The van der Waals surface area contributed by atoms with E-state index in [0.29, 0.717) is 13.1 Å². The van der Waals surface area contributed by atoms with E-state index < -0.39 is 23.7 Å². The molecule has 7 nitrogen and oxygen atoms in total. The van der Waals surface area contributed by atoms with Crippen LogP contribution < -0.4 is 5.32 Å². The number of ether oxygens (including phenoxy) is 1. The molecule has 1 fully saturated rings. The SMILES string of the molecule is CCOC(=O)[C@](NC(=O)c1cccnc1)(N1CCN(C)CC1)C(F)(F)F. The molecule has 1 atom stereocenters. The smallest absolute Gasteiger partial charge is 0.436 e. The molecule has 0 bridgehead atoms. The fraction of sp³-hybridized carbons (Fsp3) is 0.562. The molecule has 0 spiro atoms. The Balaban J connectivity index is 2.44. The van der Waals surface area contributed by atoms with Gasteiger partial charge in [0.25, 0.3) is 11.6 Å². The van der Waals surface area contributed by atoms with Gasteiger partial charge in [0.15, 0.2) is 0 Å². The normalized spacial score (nSPS) is 18.8. The van der Waals surface area contributed by atoms with Gasteiger partial charge in [0.05, 0.1) is 12.2 Å². The highest BCUT2D eigenvalue weighted by Gasteiger charge is 2.66. The second kappa shape index (κ2) is 8.00. The summed E-state index contributed by atoms with van der Waals surface area (Å²) in [5.41, 5.74) is -3.34. The summed E-state index contributed by atoms with van der Waals surface area (Å²) in [6.45, 7) is 1.70. The van der Waals surface area contributed by atoms with Gasteiger partial charge in [-0.15, -0.1) is 0 Å². The van der Waals surface area contributed by atoms with Crippen molar-refractivity contribution in [2.24, 2.45) is 0 Å². The molecule has 26 heavy (non-hydrogen) atoms. The van der Waals surface area contributed by atoms with Crippen LogP contribution in [0.5, 0.6) is 0 Å². The summed E-state index contributed by atoms with van der Waals surface area (Å²) in [6.07, 6.45) is -2.56. The van der Waals surface area contributed by atoms with Crippen LogP contribution in [0.1, 0.15) is 17.3 Å². The van der Waals surface area contributed by atoms with E-state index in [-0.39, 0.29) is 25.3 Å². The maximum absolute atomic E-state index is 14.1. The van der Waals surface area contributed by atoms with Crippen molar-refractivity contribution in [3.63, 3.8) is 0 Å². The number of carbonyl (C=O) groups is 2. The lowest BCUT2D eigenvalue weighted by molar-refractivity contribution is -0.249. The minimum atomic E-state index is -5.08. The number of hydrogen-bond acceptors (Lipinski definition) is 6. The van der Waals surface area contributed by atoms with Crippen molar-refractivity contribution in [1.82, 2.24) is 20.1 Å². The lowest BCUT2D eigenvalue weighted by Gasteiger charge is -2.45. The van der Waals surface area contributed by atoms with Crippen molar-refractivity contribution in [3.8, 4) is 0 Å². The number of likely N-dealkylation sites (N-methyl/N-ethyl adjacent to an activating group) is 1. The van der Waals surface area contributed by atoms with Crippen LogP contribution in [-0.2, 0) is 9.53 Å². The van der Waals surface area contributed by atoms with E-state index in [1.165, 1.54) is 25.3 Å². The van der Waals surface area contributed by atoms with Crippen molar-refractivity contribution in [2.45, 2.75) is 18.8 Å².